The first kappa shape index (κ1) is 16.0. The second-order valence-corrected chi connectivity index (χ2v) is 6.54. The number of hydrogen-bond donors (Lipinski definition) is 1. The van der Waals surface area contributed by atoms with Crippen molar-refractivity contribution in [3.8, 4) is 0 Å². The van der Waals surface area contributed by atoms with E-state index in [1.54, 1.807) is 0 Å². The van der Waals surface area contributed by atoms with Gasteiger partial charge in [-0.2, -0.15) is 0 Å². The van der Waals surface area contributed by atoms with Crippen molar-refractivity contribution in [2.45, 2.75) is 59.7 Å². The van der Waals surface area contributed by atoms with Crippen molar-refractivity contribution in [1.29, 1.82) is 0 Å². The van der Waals surface area contributed by atoms with Gasteiger partial charge in [0.05, 0.1) is 6.54 Å². The predicted molar refractivity (Wildman–Crippen MR) is 87.0 cm³/mol. The fraction of sp³-hybridized carbons (Fsp3) is 0.611. The third kappa shape index (κ3) is 3.46. The number of nitrogens with zero attached hydrogens (tertiary/aromatic N) is 1. The van der Waals surface area contributed by atoms with Crippen LogP contribution >= 0.6 is 0 Å². The third-order valence-electron chi connectivity index (χ3n) is 4.66. The van der Waals surface area contributed by atoms with Crippen molar-refractivity contribution in [1.82, 2.24) is 10.2 Å². The zero-order valence-electron chi connectivity index (χ0n) is 13.9. The second-order valence-electron chi connectivity index (χ2n) is 6.54. The summed E-state index contributed by atoms with van der Waals surface area (Å²) in [4.78, 5) is 14.4. The molecule has 1 aromatic carbocycles. The molecule has 0 radical (unpaired) electrons. The Hall–Kier alpha value is -1.35. The van der Waals surface area contributed by atoms with E-state index in [9.17, 15) is 4.79 Å². The van der Waals surface area contributed by atoms with Crippen LogP contribution < -0.4 is 5.32 Å². The van der Waals surface area contributed by atoms with Crippen molar-refractivity contribution >= 4 is 5.91 Å². The Kier molecular flexibility index (Phi) is 5.04. The van der Waals surface area contributed by atoms with E-state index in [0.29, 0.717) is 12.5 Å². The molecule has 1 aliphatic heterocycles. The summed E-state index contributed by atoms with van der Waals surface area (Å²) >= 11 is 0. The van der Waals surface area contributed by atoms with Crippen LogP contribution in [0.5, 0.6) is 0 Å². The van der Waals surface area contributed by atoms with Gasteiger partial charge in [-0.25, -0.2) is 0 Å². The molecule has 1 aromatic rings. The predicted octanol–water partition coefficient (Wildman–Crippen LogP) is 3.56. The Morgan fingerprint density at radius 2 is 2.05 bits per heavy atom. The molecule has 1 amide bonds. The fourth-order valence-electron chi connectivity index (χ4n) is 3.19. The summed E-state index contributed by atoms with van der Waals surface area (Å²) in [5.74, 6) is 0.865. The van der Waals surface area contributed by atoms with Gasteiger partial charge in [-0.15, -0.1) is 0 Å². The fourth-order valence-corrected chi connectivity index (χ4v) is 3.19. The highest BCUT2D eigenvalue weighted by atomic mass is 16.2. The molecule has 0 aliphatic carbocycles. The molecule has 3 nitrogen and oxygen atoms in total. The molecule has 3 unspecified atom stereocenters. The van der Waals surface area contributed by atoms with E-state index in [-0.39, 0.29) is 18.1 Å². The van der Waals surface area contributed by atoms with Crippen LogP contribution in [-0.2, 0) is 4.79 Å². The number of carbonyl (C=O) groups is 1. The van der Waals surface area contributed by atoms with Crippen LogP contribution in [0, 0.1) is 19.8 Å². The van der Waals surface area contributed by atoms with Crippen molar-refractivity contribution in [2.24, 2.45) is 5.92 Å². The largest absolute Gasteiger partial charge is 0.319 e. The van der Waals surface area contributed by atoms with Gasteiger partial charge >= 0.3 is 0 Å². The Bertz CT molecular complexity index is 512. The first-order chi connectivity index (χ1) is 9.93. The van der Waals surface area contributed by atoms with Crippen LogP contribution in [0.2, 0.25) is 0 Å². The van der Waals surface area contributed by atoms with Gasteiger partial charge in [0.2, 0.25) is 5.91 Å². The lowest BCUT2D eigenvalue weighted by atomic mass is 9.97. The van der Waals surface area contributed by atoms with E-state index in [2.05, 4.69) is 58.1 Å². The minimum Gasteiger partial charge on any atom is -0.319 e. The molecule has 1 heterocycles. The van der Waals surface area contributed by atoms with E-state index in [1.165, 1.54) is 16.7 Å². The van der Waals surface area contributed by atoms with Crippen LogP contribution in [0.1, 0.15) is 56.5 Å². The van der Waals surface area contributed by atoms with Crippen LogP contribution in [0.15, 0.2) is 18.2 Å². The van der Waals surface area contributed by atoms with Gasteiger partial charge in [-0.1, -0.05) is 44.0 Å². The van der Waals surface area contributed by atoms with Gasteiger partial charge in [-0.3, -0.25) is 10.1 Å². The number of carbonyl (C=O) groups excluding carboxylic acids is 1. The summed E-state index contributed by atoms with van der Waals surface area (Å²) in [5, 5.41) is 3.39. The summed E-state index contributed by atoms with van der Waals surface area (Å²) in [6, 6.07) is 6.75. The summed E-state index contributed by atoms with van der Waals surface area (Å²) in [7, 11) is 0. The first-order valence-electron chi connectivity index (χ1n) is 8.05. The summed E-state index contributed by atoms with van der Waals surface area (Å²) < 4.78 is 0. The smallest absolute Gasteiger partial charge is 0.238 e. The van der Waals surface area contributed by atoms with Crippen LogP contribution in [-0.4, -0.2) is 23.4 Å². The molecule has 1 saturated heterocycles. The molecule has 1 N–H and O–H groups in total. The summed E-state index contributed by atoms with van der Waals surface area (Å²) in [6.45, 7) is 11.3. The topological polar surface area (TPSA) is 32.3 Å². The Labute approximate surface area is 128 Å². The summed E-state index contributed by atoms with van der Waals surface area (Å²) in [6.07, 6.45) is 2.25. The lowest BCUT2D eigenvalue weighted by Crippen LogP contribution is -2.39. The number of aryl methyl sites for hydroxylation is 2. The van der Waals surface area contributed by atoms with Crippen LogP contribution in [0.25, 0.3) is 0 Å². The van der Waals surface area contributed by atoms with E-state index < -0.39 is 0 Å². The van der Waals surface area contributed by atoms with E-state index in [4.69, 9.17) is 0 Å². The van der Waals surface area contributed by atoms with Gasteiger partial charge in [0, 0.05) is 6.04 Å². The van der Waals surface area contributed by atoms with Crippen molar-refractivity contribution in [3.63, 3.8) is 0 Å². The number of rotatable bonds is 5. The van der Waals surface area contributed by atoms with Gasteiger partial charge < -0.3 is 4.90 Å². The molecule has 0 aromatic heterocycles. The lowest BCUT2D eigenvalue weighted by Gasteiger charge is -2.33. The molecule has 1 fully saturated rings. The number of nitrogens with one attached hydrogen (secondary N) is 1. The molecule has 3 heteroatoms. The normalized spacial score (nSPS) is 21.7. The first-order valence-corrected chi connectivity index (χ1v) is 8.05. The SMILES string of the molecule is CCC(C)CC(C)N1C(=O)CNC1c1cc(C)ccc1C. The van der Waals surface area contributed by atoms with E-state index in [1.807, 2.05) is 4.90 Å². The van der Waals surface area contributed by atoms with Crippen LogP contribution in [0.4, 0.5) is 0 Å². The Morgan fingerprint density at radius 1 is 1.33 bits per heavy atom. The number of benzene rings is 1. The Morgan fingerprint density at radius 3 is 2.71 bits per heavy atom. The molecule has 116 valence electrons. The van der Waals surface area contributed by atoms with Crippen molar-refractivity contribution < 1.29 is 4.79 Å². The summed E-state index contributed by atoms with van der Waals surface area (Å²) in [5.41, 5.74) is 3.72. The van der Waals surface area contributed by atoms with Gasteiger partial charge in [-0.05, 0) is 44.2 Å². The van der Waals surface area contributed by atoms with Gasteiger partial charge in [0.25, 0.3) is 0 Å². The van der Waals surface area contributed by atoms with Crippen molar-refractivity contribution in [3.05, 3.63) is 34.9 Å². The quantitative estimate of drug-likeness (QED) is 0.898. The maximum atomic E-state index is 12.3. The third-order valence-corrected chi connectivity index (χ3v) is 4.66. The minimum atomic E-state index is 0.0245. The van der Waals surface area contributed by atoms with Gasteiger partial charge in [0.1, 0.15) is 6.17 Å². The molecule has 1 aliphatic rings. The highest BCUT2D eigenvalue weighted by molar-refractivity contribution is 5.81. The van der Waals surface area contributed by atoms with Crippen molar-refractivity contribution in [2.75, 3.05) is 6.54 Å². The highest BCUT2D eigenvalue weighted by Crippen LogP contribution is 2.30. The molecule has 2 rings (SSSR count). The number of amides is 1. The maximum Gasteiger partial charge on any atom is 0.238 e. The average molecular weight is 288 g/mol. The van der Waals surface area contributed by atoms with E-state index in [0.717, 1.165) is 12.8 Å². The molecule has 0 bridgehead atoms. The molecular formula is C18H28N2O. The molecule has 0 spiro atoms. The Balaban J connectivity index is 2.25. The average Bonchev–Trinajstić information content (AvgIpc) is 2.83. The lowest BCUT2D eigenvalue weighted by molar-refractivity contribution is -0.130. The molecule has 3 atom stereocenters. The second kappa shape index (κ2) is 6.61. The maximum absolute atomic E-state index is 12.3. The zero-order valence-corrected chi connectivity index (χ0v) is 13.9. The highest BCUT2D eigenvalue weighted by Gasteiger charge is 2.35. The molecule has 0 saturated carbocycles. The van der Waals surface area contributed by atoms with E-state index >= 15 is 0 Å². The zero-order chi connectivity index (χ0) is 15.6. The monoisotopic (exact) mass is 288 g/mol. The standard InChI is InChI=1S/C18H28N2O/c1-6-12(2)9-15(5)20-17(21)11-19-18(20)16-10-13(3)7-8-14(16)4/h7-8,10,12,15,18-19H,6,9,11H2,1-5H3. The molecule has 21 heavy (non-hydrogen) atoms. The molecular weight excluding hydrogens is 260 g/mol. The minimum absolute atomic E-state index is 0.0245. The van der Waals surface area contributed by atoms with Crippen LogP contribution in [0.3, 0.4) is 0 Å². The number of hydrogen-bond acceptors (Lipinski definition) is 2. The van der Waals surface area contributed by atoms with Gasteiger partial charge in [0.15, 0.2) is 0 Å².